The molecule has 4 aliphatic rings. The number of aliphatic hydroxyl groups is 2. The monoisotopic (exact) mass is 400 g/mol. The normalized spacial score (nSPS) is 45.3. The van der Waals surface area contributed by atoms with Gasteiger partial charge in [0.1, 0.15) is 0 Å². The molecule has 4 rings (SSSR count). The van der Waals surface area contributed by atoms with E-state index in [4.69, 9.17) is 0 Å². The van der Waals surface area contributed by atoms with Gasteiger partial charge in [-0.2, -0.15) is 0 Å². The Morgan fingerprint density at radius 2 is 1.90 bits per heavy atom. The van der Waals surface area contributed by atoms with E-state index in [1.54, 1.807) is 11.1 Å². The Hall–Kier alpha value is -0.600. The first-order valence-electron chi connectivity index (χ1n) is 12.3. The van der Waals surface area contributed by atoms with Crippen LogP contribution in [0.5, 0.6) is 0 Å². The Morgan fingerprint density at radius 1 is 1.14 bits per heavy atom. The van der Waals surface area contributed by atoms with Crippen LogP contribution in [0.2, 0.25) is 0 Å². The average Bonchev–Trinajstić information content (AvgIpc) is 2.98. The van der Waals surface area contributed by atoms with E-state index in [0.717, 1.165) is 49.4 Å². The van der Waals surface area contributed by atoms with Crippen molar-refractivity contribution in [3.63, 3.8) is 0 Å². The molecule has 0 radical (unpaired) electrons. The summed E-state index contributed by atoms with van der Waals surface area (Å²) >= 11 is 0. The molecule has 3 saturated carbocycles. The fraction of sp³-hybridized carbons (Fsp3) is 0.852. The molecule has 164 valence electrons. The van der Waals surface area contributed by atoms with E-state index in [2.05, 4.69) is 32.9 Å². The Bertz CT molecular complexity index is 683. The number of fused-ring (bicyclic) bond motifs is 5. The Kier molecular flexibility index (Phi) is 5.61. The van der Waals surface area contributed by atoms with Crippen LogP contribution < -0.4 is 0 Å². The summed E-state index contributed by atoms with van der Waals surface area (Å²) in [5, 5.41) is 20.3. The van der Waals surface area contributed by atoms with E-state index in [-0.39, 0.29) is 6.10 Å². The maximum atomic E-state index is 10.2. The van der Waals surface area contributed by atoms with Crippen molar-refractivity contribution in [1.82, 2.24) is 0 Å². The first-order chi connectivity index (χ1) is 13.5. The molecule has 0 spiro atoms. The van der Waals surface area contributed by atoms with Crippen molar-refractivity contribution in [2.45, 2.75) is 111 Å². The van der Waals surface area contributed by atoms with Crippen molar-refractivity contribution in [2.75, 3.05) is 0 Å². The molecule has 0 aliphatic heterocycles. The van der Waals surface area contributed by atoms with Crippen LogP contribution in [0.4, 0.5) is 0 Å². The minimum Gasteiger partial charge on any atom is -0.393 e. The molecule has 0 amide bonds. The third-order valence-corrected chi connectivity index (χ3v) is 9.85. The Balaban J connectivity index is 1.52. The second kappa shape index (κ2) is 7.52. The molecule has 0 unspecified atom stereocenters. The molecule has 29 heavy (non-hydrogen) atoms. The SMILES string of the molecule is C/C(=C\CCC(C)(C)O)[C@H]1CC[C@H]2[C@@H]3CC=C4C[C@@H](O)CC[C@]4(C)[C@H]3CC[C@]12C. The van der Waals surface area contributed by atoms with E-state index in [0.29, 0.717) is 10.8 Å². The molecule has 0 aromatic carbocycles. The maximum absolute atomic E-state index is 10.2. The van der Waals surface area contributed by atoms with Crippen LogP contribution >= 0.6 is 0 Å². The summed E-state index contributed by atoms with van der Waals surface area (Å²) in [7, 11) is 0. The minimum atomic E-state index is -0.563. The van der Waals surface area contributed by atoms with Gasteiger partial charge in [0.2, 0.25) is 0 Å². The second-order valence-corrected chi connectivity index (χ2v) is 12.1. The molecule has 2 heteroatoms. The summed E-state index contributed by atoms with van der Waals surface area (Å²) in [6.45, 7) is 11.3. The minimum absolute atomic E-state index is 0.104. The zero-order chi connectivity index (χ0) is 21.0. The standard InChI is InChI=1S/C27H44O2/c1-18(7-6-14-25(2,3)29)22-10-11-23-21-9-8-19-17-20(28)12-15-26(19,4)24(21)13-16-27(22,23)5/h7-8,20-24,28-29H,6,9-17H2,1-5H3/b18-7+/t20-,21-,22+,23-,24-,26-,27+/m0/s1. The highest BCUT2D eigenvalue weighted by molar-refractivity contribution is 5.26. The predicted octanol–water partition coefficient (Wildman–Crippen LogP) is 6.42. The molecule has 2 nitrogen and oxygen atoms in total. The van der Waals surface area contributed by atoms with Gasteiger partial charge in [0, 0.05) is 0 Å². The average molecular weight is 401 g/mol. The molecule has 0 bridgehead atoms. The van der Waals surface area contributed by atoms with Gasteiger partial charge in [0.25, 0.3) is 0 Å². The smallest absolute Gasteiger partial charge is 0.0594 e. The maximum Gasteiger partial charge on any atom is 0.0594 e. The summed E-state index contributed by atoms with van der Waals surface area (Å²) < 4.78 is 0. The van der Waals surface area contributed by atoms with E-state index in [9.17, 15) is 10.2 Å². The predicted molar refractivity (Wildman–Crippen MR) is 120 cm³/mol. The largest absolute Gasteiger partial charge is 0.393 e. The lowest BCUT2D eigenvalue weighted by Gasteiger charge is -2.58. The number of rotatable bonds is 4. The molecule has 0 aromatic rings. The van der Waals surface area contributed by atoms with E-state index < -0.39 is 5.60 Å². The molecule has 0 saturated heterocycles. The van der Waals surface area contributed by atoms with Crippen LogP contribution in [-0.2, 0) is 0 Å². The molecule has 7 atom stereocenters. The van der Waals surface area contributed by atoms with Crippen LogP contribution in [0.15, 0.2) is 23.3 Å². The summed E-state index contributed by atoms with van der Waals surface area (Å²) in [5.74, 6) is 3.24. The molecule has 2 N–H and O–H groups in total. The van der Waals surface area contributed by atoms with Gasteiger partial charge < -0.3 is 10.2 Å². The topological polar surface area (TPSA) is 40.5 Å². The van der Waals surface area contributed by atoms with Gasteiger partial charge in [0.15, 0.2) is 0 Å². The van der Waals surface area contributed by atoms with Crippen LogP contribution in [0, 0.1) is 34.5 Å². The number of hydrogen-bond donors (Lipinski definition) is 2. The Morgan fingerprint density at radius 3 is 2.62 bits per heavy atom. The summed E-state index contributed by atoms with van der Waals surface area (Å²) in [5.41, 5.74) is 3.40. The first kappa shape index (κ1) is 21.6. The highest BCUT2D eigenvalue weighted by atomic mass is 16.3. The summed E-state index contributed by atoms with van der Waals surface area (Å²) in [6.07, 6.45) is 16.5. The number of allylic oxidation sites excluding steroid dienone is 3. The highest BCUT2D eigenvalue weighted by Gasteiger charge is 2.58. The molecule has 4 aliphatic carbocycles. The van der Waals surface area contributed by atoms with E-state index >= 15 is 0 Å². The number of aliphatic hydroxyl groups excluding tert-OH is 1. The second-order valence-electron chi connectivity index (χ2n) is 12.1. The van der Waals surface area contributed by atoms with Gasteiger partial charge in [0.05, 0.1) is 11.7 Å². The number of hydrogen-bond acceptors (Lipinski definition) is 2. The summed E-state index contributed by atoms with van der Waals surface area (Å²) in [6, 6.07) is 0. The Labute approximate surface area is 178 Å². The van der Waals surface area contributed by atoms with Crippen molar-refractivity contribution < 1.29 is 10.2 Å². The third kappa shape index (κ3) is 3.78. The van der Waals surface area contributed by atoms with Gasteiger partial charge in [-0.25, -0.2) is 0 Å². The van der Waals surface area contributed by atoms with Crippen molar-refractivity contribution in [1.29, 1.82) is 0 Å². The molecule has 3 fully saturated rings. The molecular weight excluding hydrogens is 356 g/mol. The van der Waals surface area contributed by atoms with Crippen LogP contribution in [0.1, 0.15) is 98.8 Å². The zero-order valence-electron chi connectivity index (χ0n) is 19.5. The quantitative estimate of drug-likeness (QED) is 0.534. The van der Waals surface area contributed by atoms with Gasteiger partial charge >= 0.3 is 0 Å². The van der Waals surface area contributed by atoms with Crippen molar-refractivity contribution in [3.8, 4) is 0 Å². The zero-order valence-corrected chi connectivity index (χ0v) is 19.5. The van der Waals surface area contributed by atoms with Crippen LogP contribution in [0.3, 0.4) is 0 Å². The third-order valence-electron chi connectivity index (χ3n) is 9.85. The van der Waals surface area contributed by atoms with Gasteiger partial charge in [-0.3, -0.25) is 0 Å². The van der Waals surface area contributed by atoms with Crippen LogP contribution in [0.25, 0.3) is 0 Å². The lowest BCUT2D eigenvalue weighted by atomic mass is 9.47. The summed E-state index contributed by atoms with van der Waals surface area (Å²) in [4.78, 5) is 0. The lowest BCUT2D eigenvalue weighted by molar-refractivity contribution is -0.0454. The lowest BCUT2D eigenvalue weighted by Crippen LogP contribution is -2.50. The fourth-order valence-corrected chi connectivity index (χ4v) is 8.18. The van der Waals surface area contributed by atoms with Crippen LogP contribution in [-0.4, -0.2) is 21.9 Å². The van der Waals surface area contributed by atoms with Crippen molar-refractivity contribution in [2.24, 2.45) is 34.5 Å². The van der Waals surface area contributed by atoms with E-state index in [1.807, 2.05) is 13.8 Å². The van der Waals surface area contributed by atoms with Gasteiger partial charge in [-0.1, -0.05) is 37.1 Å². The molecular formula is C27H44O2. The van der Waals surface area contributed by atoms with Crippen molar-refractivity contribution in [3.05, 3.63) is 23.3 Å². The fourth-order valence-electron chi connectivity index (χ4n) is 8.18. The van der Waals surface area contributed by atoms with Crippen molar-refractivity contribution >= 4 is 0 Å². The highest BCUT2D eigenvalue weighted by Crippen LogP contribution is 2.67. The first-order valence-corrected chi connectivity index (χ1v) is 12.3. The molecule has 0 heterocycles. The van der Waals surface area contributed by atoms with Gasteiger partial charge in [-0.05, 0) is 119 Å². The molecule has 0 aromatic heterocycles. The van der Waals surface area contributed by atoms with E-state index in [1.165, 1.54) is 38.5 Å². The van der Waals surface area contributed by atoms with Gasteiger partial charge in [-0.15, -0.1) is 0 Å².